The summed E-state index contributed by atoms with van der Waals surface area (Å²) < 4.78 is 38.2. The number of hydrogen-bond donors (Lipinski definition) is 0. The number of nitrogens with zero attached hydrogens (tertiary/aromatic N) is 4. The molecule has 2 heterocycles. The van der Waals surface area contributed by atoms with Crippen LogP contribution >= 0.6 is 11.3 Å². The van der Waals surface area contributed by atoms with E-state index in [1.807, 2.05) is 37.3 Å². The predicted octanol–water partition coefficient (Wildman–Crippen LogP) is 3.47. The second kappa shape index (κ2) is 8.24. The largest absolute Gasteiger partial charge is 0.445 e. The van der Waals surface area contributed by atoms with Crippen molar-refractivity contribution < 1.29 is 18.0 Å². The van der Waals surface area contributed by atoms with Gasteiger partial charge in [-0.25, -0.2) is 0 Å². The molecule has 0 unspecified atom stereocenters. The predicted molar refractivity (Wildman–Crippen MR) is 97.6 cm³/mol. The fourth-order valence-corrected chi connectivity index (χ4v) is 3.92. The average molecular weight is 398 g/mol. The Kier molecular flexibility index (Phi) is 5.98. The van der Waals surface area contributed by atoms with Crippen LogP contribution in [0.3, 0.4) is 0 Å². The van der Waals surface area contributed by atoms with Crippen LogP contribution in [0.2, 0.25) is 0 Å². The van der Waals surface area contributed by atoms with Crippen molar-refractivity contribution >= 4 is 22.4 Å². The Morgan fingerprint density at radius 1 is 1.15 bits per heavy atom. The van der Waals surface area contributed by atoms with Crippen molar-refractivity contribution in [2.45, 2.75) is 25.9 Å². The molecule has 1 atom stereocenters. The first kappa shape index (κ1) is 19.6. The molecule has 1 saturated heterocycles. The van der Waals surface area contributed by atoms with Gasteiger partial charge in [0.05, 0.1) is 0 Å². The fourth-order valence-electron chi connectivity index (χ4n) is 3.15. The number of anilines is 1. The highest BCUT2D eigenvalue weighted by atomic mass is 32.1. The molecule has 1 fully saturated rings. The molecule has 0 bridgehead atoms. The Morgan fingerprint density at radius 3 is 2.56 bits per heavy atom. The van der Waals surface area contributed by atoms with Gasteiger partial charge in [-0.2, -0.15) is 13.2 Å². The van der Waals surface area contributed by atoms with Gasteiger partial charge in [0.1, 0.15) is 0 Å². The van der Waals surface area contributed by atoms with Gasteiger partial charge in [0.25, 0.3) is 0 Å². The molecule has 146 valence electrons. The quantitative estimate of drug-likeness (QED) is 0.791. The molecule has 1 aliphatic heterocycles. The van der Waals surface area contributed by atoms with Gasteiger partial charge >= 0.3 is 6.18 Å². The van der Waals surface area contributed by atoms with Gasteiger partial charge in [0.15, 0.2) is 0 Å². The molecule has 3 rings (SSSR count). The lowest BCUT2D eigenvalue weighted by atomic mass is 10.00. The molecular formula is C18H21F3N4OS. The lowest BCUT2D eigenvalue weighted by molar-refractivity contribution is -0.138. The van der Waals surface area contributed by atoms with Gasteiger partial charge in [-0.05, 0) is 18.4 Å². The number of amides is 1. The zero-order chi connectivity index (χ0) is 19.4. The SMILES string of the molecule is C[C@@H](Cc1ccccc1)C(=O)N1CCCN(c2nnc(C(F)(F)F)s2)CC1. The zero-order valence-electron chi connectivity index (χ0n) is 14.9. The maximum Gasteiger partial charge on any atom is 0.445 e. The molecule has 1 aromatic heterocycles. The molecule has 0 radical (unpaired) electrons. The number of carbonyl (C=O) groups excluding carboxylic acids is 1. The van der Waals surface area contributed by atoms with Crippen molar-refractivity contribution in [2.75, 3.05) is 31.1 Å². The van der Waals surface area contributed by atoms with Crippen molar-refractivity contribution in [1.29, 1.82) is 0 Å². The van der Waals surface area contributed by atoms with E-state index >= 15 is 0 Å². The Hall–Kier alpha value is -2.16. The van der Waals surface area contributed by atoms with E-state index in [0.717, 1.165) is 5.56 Å². The van der Waals surface area contributed by atoms with Crippen LogP contribution in [0.4, 0.5) is 18.3 Å². The third kappa shape index (κ3) is 4.97. The first-order valence-corrected chi connectivity index (χ1v) is 9.64. The normalized spacial score (nSPS) is 16.9. The number of rotatable bonds is 4. The number of alkyl halides is 3. The molecule has 0 spiro atoms. The summed E-state index contributed by atoms with van der Waals surface area (Å²) in [5.74, 6) is -0.0636. The summed E-state index contributed by atoms with van der Waals surface area (Å²) in [6.45, 7) is 4.00. The Labute approximate surface area is 159 Å². The van der Waals surface area contributed by atoms with E-state index in [-0.39, 0.29) is 17.0 Å². The average Bonchev–Trinajstić information content (AvgIpc) is 3.01. The summed E-state index contributed by atoms with van der Waals surface area (Å²) in [5.41, 5.74) is 1.11. The standard InChI is InChI=1S/C18H21F3N4OS/c1-13(12-14-6-3-2-4-7-14)15(26)24-8-5-9-25(11-10-24)17-23-22-16(27-17)18(19,20)21/h2-4,6-7,13H,5,8-12H2,1H3/t13-/m0/s1. The maximum atomic E-state index is 12.8. The van der Waals surface area contributed by atoms with E-state index in [9.17, 15) is 18.0 Å². The third-order valence-corrected chi connectivity index (χ3v) is 5.57. The summed E-state index contributed by atoms with van der Waals surface area (Å²) >= 11 is 0.549. The van der Waals surface area contributed by atoms with E-state index in [1.54, 1.807) is 9.80 Å². The molecule has 0 saturated carbocycles. The van der Waals surface area contributed by atoms with Gasteiger partial charge in [-0.3, -0.25) is 4.79 Å². The molecule has 0 aliphatic carbocycles. The fraction of sp³-hybridized carbons (Fsp3) is 0.500. The van der Waals surface area contributed by atoms with Gasteiger partial charge in [-0.15, -0.1) is 10.2 Å². The number of halogens is 3. The van der Waals surface area contributed by atoms with Crippen LogP contribution in [0.1, 0.15) is 23.9 Å². The molecule has 27 heavy (non-hydrogen) atoms. The highest BCUT2D eigenvalue weighted by Gasteiger charge is 2.36. The number of benzene rings is 1. The molecule has 0 N–H and O–H groups in total. The second-order valence-corrected chi connectivity index (χ2v) is 7.60. The summed E-state index contributed by atoms with van der Waals surface area (Å²) in [5, 5.41) is 6.24. The van der Waals surface area contributed by atoms with Gasteiger partial charge in [0.2, 0.25) is 16.0 Å². The van der Waals surface area contributed by atoms with Crippen LogP contribution in [0.15, 0.2) is 30.3 Å². The van der Waals surface area contributed by atoms with Crippen LogP contribution in [0.25, 0.3) is 0 Å². The van der Waals surface area contributed by atoms with Crippen LogP contribution in [0.5, 0.6) is 0 Å². The van der Waals surface area contributed by atoms with E-state index in [1.165, 1.54) is 0 Å². The van der Waals surface area contributed by atoms with E-state index in [4.69, 9.17) is 0 Å². The van der Waals surface area contributed by atoms with Crippen LogP contribution in [0, 0.1) is 5.92 Å². The molecule has 1 aliphatic rings. The molecule has 9 heteroatoms. The third-order valence-electron chi connectivity index (χ3n) is 4.54. The topological polar surface area (TPSA) is 49.3 Å². The van der Waals surface area contributed by atoms with E-state index in [0.29, 0.717) is 50.4 Å². The zero-order valence-corrected chi connectivity index (χ0v) is 15.8. The number of hydrogen-bond acceptors (Lipinski definition) is 5. The first-order valence-electron chi connectivity index (χ1n) is 8.83. The van der Waals surface area contributed by atoms with Crippen LogP contribution < -0.4 is 4.90 Å². The summed E-state index contributed by atoms with van der Waals surface area (Å²) in [6.07, 6.45) is -3.12. The minimum absolute atomic E-state index is 0.0777. The van der Waals surface area contributed by atoms with Gasteiger partial charge in [-0.1, -0.05) is 48.6 Å². The molecule has 5 nitrogen and oxygen atoms in total. The summed E-state index contributed by atoms with van der Waals surface area (Å²) in [7, 11) is 0. The lowest BCUT2D eigenvalue weighted by Crippen LogP contribution is -2.38. The van der Waals surface area contributed by atoms with Crippen molar-refractivity contribution in [1.82, 2.24) is 15.1 Å². The summed E-state index contributed by atoms with van der Waals surface area (Å²) in [4.78, 5) is 16.4. The number of aromatic nitrogens is 2. The smallest absolute Gasteiger partial charge is 0.345 e. The molecule has 2 aromatic rings. The molecular weight excluding hydrogens is 377 g/mol. The Bertz CT molecular complexity index is 765. The van der Waals surface area contributed by atoms with Crippen LogP contribution in [-0.4, -0.2) is 47.2 Å². The maximum absolute atomic E-state index is 12.8. The van der Waals surface area contributed by atoms with Crippen molar-refractivity contribution in [3.8, 4) is 0 Å². The van der Waals surface area contributed by atoms with Crippen molar-refractivity contribution in [3.05, 3.63) is 40.9 Å². The Morgan fingerprint density at radius 2 is 1.89 bits per heavy atom. The highest BCUT2D eigenvalue weighted by molar-refractivity contribution is 7.15. The Balaban J connectivity index is 1.59. The molecule has 1 aromatic carbocycles. The highest BCUT2D eigenvalue weighted by Crippen LogP contribution is 2.34. The monoisotopic (exact) mass is 398 g/mol. The first-order chi connectivity index (χ1) is 12.8. The van der Waals surface area contributed by atoms with E-state index < -0.39 is 11.2 Å². The van der Waals surface area contributed by atoms with Gasteiger partial charge < -0.3 is 9.80 Å². The summed E-state index contributed by atoms with van der Waals surface area (Å²) in [6, 6.07) is 9.85. The molecule has 1 amide bonds. The van der Waals surface area contributed by atoms with Crippen LogP contribution in [-0.2, 0) is 17.4 Å². The van der Waals surface area contributed by atoms with Crippen molar-refractivity contribution in [3.63, 3.8) is 0 Å². The van der Waals surface area contributed by atoms with Crippen molar-refractivity contribution in [2.24, 2.45) is 5.92 Å². The van der Waals surface area contributed by atoms with Gasteiger partial charge in [0, 0.05) is 32.1 Å². The second-order valence-electron chi connectivity index (χ2n) is 6.64. The minimum atomic E-state index is -4.48. The minimum Gasteiger partial charge on any atom is -0.345 e. The van der Waals surface area contributed by atoms with E-state index in [2.05, 4.69) is 10.2 Å². The lowest BCUT2D eigenvalue weighted by Gasteiger charge is -2.24. The number of carbonyl (C=O) groups is 1.